The van der Waals surface area contributed by atoms with E-state index in [1.807, 2.05) is 49.4 Å². The molecule has 0 aromatic heterocycles. The summed E-state index contributed by atoms with van der Waals surface area (Å²) in [6.45, 7) is 3.96. The summed E-state index contributed by atoms with van der Waals surface area (Å²) in [6.07, 6.45) is 0.912. The fourth-order valence-electron chi connectivity index (χ4n) is 2.07. The second-order valence-corrected chi connectivity index (χ2v) is 5.79. The van der Waals surface area contributed by atoms with Crippen molar-refractivity contribution in [3.63, 3.8) is 0 Å². The van der Waals surface area contributed by atoms with Crippen molar-refractivity contribution in [2.24, 2.45) is 0 Å². The van der Waals surface area contributed by atoms with Gasteiger partial charge in [0.2, 0.25) is 5.91 Å². The van der Waals surface area contributed by atoms with E-state index < -0.39 is 0 Å². The highest BCUT2D eigenvalue weighted by Gasteiger charge is 2.14. The van der Waals surface area contributed by atoms with Gasteiger partial charge >= 0.3 is 0 Å². The molecule has 110 valence electrons. The van der Waals surface area contributed by atoms with Crippen molar-refractivity contribution in [2.75, 3.05) is 10.6 Å². The predicted octanol–water partition coefficient (Wildman–Crippen LogP) is 4.45. The van der Waals surface area contributed by atoms with Gasteiger partial charge in [-0.15, -0.1) is 0 Å². The Bertz CT molecular complexity index is 613. The van der Waals surface area contributed by atoms with Crippen LogP contribution in [0.4, 0.5) is 11.4 Å². The van der Waals surface area contributed by atoms with E-state index in [0.29, 0.717) is 0 Å². The number of halogens is 1. The summed E-state index contributed by atoms with van der Waals surface area (Å²) in [5, 5.41) is 6.18. The maximum Gasteiger partial charge on any atom is 0.246 e. The zero-order chi connectivity index (χ0) is 15.2. The van der Waals surface area contributed by atoms with Crippen molar-refractivity contribution in [1.29, 1.82) is 0 Å². The molecule has 1 atom stereocenters. The van der Waals surface area contributed by atoms with Gasteiger partial charge in [-0.1, -0.05) is 41.1 Å². The Morgan fingerprint density at radius 3 is 2.57 bits per heavy atom. The van der Waals surface area contributed by atoms with Gasteiger partial charge in [0.15, 0.2) is 0 Å². The fraction of sp³-hybridized carbons (Fsp3) is 0.235. The van der Waals surface area contributed by atoms with E-state index in [2.05, 4.69) is 39.6 Å². The van der Waals surface area contributed by atoms with Crippen molar-refractivity contribution < 1.29 is 4.79 Å². The molecule has 1 unspecified atom stereocenters. The van der Waals surface area contributed by atoms with Crippen LogP contribution in [0.25, 0.3) is 0 Å². The third-order valence-electron chi connectivity index (χ3n) is 3.25. The van der Waals surface area contributed by atoms with E-state index in [1.54, 1.807) is 0 Å². The topological polar surface area (TPSA) is 41.1 Å². The van der Waals surface area contributed by atoms with Gasteiger partial charge < -0.3 is 10.6 Å². The Hall–Kier alpha value is -1.81. The number of aryl methyl sites for hydroxylation is 1. The maximum atomic E-state index is 12.2. The van der Waals surface area contributed by atoms with Crippen LogP contribution in [0.1, 0.15) is 19.4 Å². The van der Waals surface area contributed by atoms with Crippen LogP contribution in [0, 0.1) is 0 Å². The molecule has 0 aliphatic carbocycles. The molecule has 0 fully saturated rings. The van der Waals surface area contributed by atoms with Crippen LogP contribution >= 0.6 is 15.9 Å². The number of rotatable bonds is 5. The zero-order valence-corrected chi connectivity index (χ0v) is 13.8. The number of carbonyl (C=O) groups excluding carboxylic acids is 1. The standard InChI is InChI=1S/C17H19BrN2O/c1-3-13-11-14(18)9-10-16(13)19-12(2)17(21)20-15-7-5-4-6-8-15/h4-12,19H,3H2,1-2H3,(H,20,21). The van der Waals surface area contributed by atoms with Gasteiger partial charge in [0.1, 0.15) is 6.04 Å². The van der Waals surface area contributed by atoms with Crippen LogP contribution < -0.4 is 10.6 Å². The molecule has 0 heterocycles. The number of amides is 1. The predicted molar refractivity (Wildman–Crippen MR) is 91.7 cm³/mol. The lowest BCUT2D eigenvalue weighted by Gasteiger charge is -2.18. The van der Waals surface area contributed by atoms with E-state index in [9.17, 15) is 4.79 Å². The lowest BCUT2D eigenvalue weighted by molar-refractivity contribution is -0.116. The summed E-state index contributed by atoms with van der Waals surface area (Å²) in [4.78, 5) is 12.2. The number of benzene rings is 2. The third-order valence-corrected chi connectivity index (χ3v) is 3.75. The molecule has 2 aromatic carbocycles. The average molecular weight is 347 g/mol. The summed E-state index contributed by atoms with van der Waals surface area (Å²) in [7, 11) is 0. The van der Waals surface area contributed by atoms with Gasteiger partial charge in [-0.2, -0.15) is 0 Å². The second-order valence-electron chi connectivity index (χ2n) is 4.88. The molecule has 4 heteroatoms. The minimum absolute atomic E-state index is 0.0498. The zero-order valence-electron chi connectivity index (χ0n) is 12.2. The number of nitrogens with one attached hydrogen (secondary N) is 2. The van der Waals surface area contributed by atoms with Crippen LogP contribution in [0.3, 0.4) is 0 Å². The van der Waals surface area contributed by atoms with Gasteiger partial charge in [0, 0.05) is 15.8 Å². The summed E-state index contributed by atoms with van der Waals surface area (Å²) >= 11 is 3.47. The quantitative estimate of drug-likeness (QED) is 0.839. The lowest BCUT2D eigenvalue weighted by atomic mass is 10.1. The number of carbonyl (C=O) groups is 1. The van der Waals surface area contributed by atoms with Crippen molar-refractivity contribution in [3.8, 4) is 0 Å². The summed E-state index contributed by atoms with van der Waals surface area (Å²) < 4.78 is 1.05. The normalized spacial score (nSPS) is 11.8. The molecule has 3 nitrogen and oxygen atoms in total. The first kappa shape index (κ1) is 15.6. The molecule has 2 aromatic rings. The molecule has 2 rings (SSSR count). The first-order valence-electron chi connectivity index (χ1n) is 7.01. The largest absolute Gasteiger partial charge is 0.374 e. The Labute approximate surface area is 133 Å². The lowest BCUT2D eigenvalue weighted by Crippen LogP contribution is -2.32. The molecule has 0 radical (unpaired) electrons. The summed E-state index contributed by atoms with van der Waals surface area (Å²) in [6, 6.07) is 15.2. The minimum atomic E-state index is -0.309. The van der Waals surface area contributed by atoms with Crippen molar-refractivity contribution in [1.82, 2.24) is 0 Å². The monoisotopic (exact) mass is 346 g/mol. The van der Waals surface area contributed by atoms with Gasteiger partial charge in [0.25, 0.3) is 0 Å². The SMILES string of the molecule is CCc1cc(Br)ccc1NC(C)C(=O)Nc1ccccc1. The molecular weight excluding hydrogens is 328 g/mol. The molecule has 0 aliphatic heterocycles. The number of anilines is 2. The Morgan fingerprint density at radius 1 is 1.19 bits per heavy atom. The van der Waals surface area contributed by atoms with Crippen LogP contribution in [-0.4, -0.2) is 11.9 Å². The van der Waals surface area contributed by atoms with Crippen molar-refractivity contribution >= 4 is 33.2 Å². The first-order valence-corrected chi connectivity index (χ1v) is 7.80. The average Bonchev–Trinajstić information content (AvgIpc) is 2.49. The van der Waals surface area contributed by atoms with Gasteiger partial charge in [-0.05, 0) is 49.2 Å². The van der Waals surface area contributed by atoms with E-state index in [4.69, 9.17) is 0 Å². The smallest absolute Gasteiger partial charge is 0.246 e. The molecule has 21 heavy (non-hydrogen) atoms. The Morgan fingerprint density at radius 2 is 1.90 bits per heavy atom. The van der Waals surface area contributed by atoms with Crippen molar-refractivity contribution in [3.05, 3.63) is 58.6 Å². The van der Waals surface area contributed by atoms with Crippen LogP contribution in [0.2, 0.25) is 0 Å². The maximum absolute atomic E-state index is 12.2. The first-order chi connectivity index (χ1) is 10.1. The molecule has 2 N–H and O–H groups in total. The van der Waals surface area contributed by atoms with E-state index in [0.717, 1.165) is 22.3 Å². The Balaban J connectivity index is 2.04. The summed E-state index contributed by atoms with van der Waals surface area (Å²) in [5.74, 6) is -0.0498. The molecule has 0 aliphatic rings. The van der Waals surface area contributed by atoms with Gasteiger partial charge in [-0.25, -0.2) is 0 Å². The van der Waals surface area contributed by atoms with Crippen molar-refractivity contribution in [2.45, 2.75) is 26.3 Å². The minimum Gasteiger partial charge on any atom is -0.374 e. The number of para-hydroxylation sites is 1. The van der Waals surface area contributed by atoms with Gasteiger partial charge in [0.05, 0.1) is 0 Å². The van der Waals surface area contributed by atoms with E-state index >= 15 is 0 Å². The number of hydrogen-bond donors (Lipinski definition) is 2. The van der Waals surface area contributed by atoms with E-state index in [-0.39, 0.29) is 11.9 Å². The Kier molecular flexibility index (Phi) is 5.39. The number of hydrogen-bond acceptors (Lipinski definition) is 2. The molecule has 0 saturated carbocycles. The highest BCUT2D eigenvalue weighted by molar-refractivity contribution is 9.10. The second kappa shape index (κ2) is 7.27. The highest BCUT2D eigenvalue weighted by atomic mass is 79.9. The summed E-state index contributed by atoms with van der Waals surface area (Å²) in [5.41, 5.74) is 2.99. The van der Waals surface area contributed by atoms with Crippen LogP contribution in [0.15, 0.2) is 53.0 Å². The van der Waals surface area contributed by atoms with Crippen LogP contribution in [0.5, 0.6) is 0 Å². The molecular formula is C17H19BrN2O. The highest BCUT2D eigenvalue weighted by Crippen LogP contribution is 2.22. The molecule has 0 spiro atoms. The molecule has 0 saturated heterocycles. The molecule has 1 amide bonds. The van der Waals surface area contributed by atoms with Gasteiger partial charge in [-0.3, -0.25) is 4.79 Å². The third kappa shape index (κ3) is 4.33. The molecule has 0 bridgehead atoms. The fourth-order valence-corrected chi connectivity index (χ4v) is 2.47. The van der Waals surface area contributed by atoms with Crippen LogP contribution in [-0.2, 0) is 11.2 Å². The van der Waals surface area contributed by atoms with E-state index in [1.165, 1.54) is 5.56 Å².